The van der Waals surface area contributed by atoms with E-state index in [-0.39, 0.29) is 0 Å². The number of hydrogen-bond donors (Lipinski definition) is 0. The van der Waals surface area contributed by atoms with E-state index >= 15 is 0 Å². The standard InChI is InChI=1S/C8H11NO.C5H12/c1-10-6-4-8-3-2-5-9-7-8;1-3-5-4-2/h2-3,5,7H,4,6H2,1H3;3-5H2,1-2H3. The SMILES string of the molecule is CCCCC.COCCc1cccnc1. The van der Waals surface area contributed by atoms with Crippen LogP contribution >= 0.6 is 0 Å². The molecule has 0 N–H and O–H groups in total. The van der Waals surface area contributed by atoms with E-state index in [4.69, 9.17) is 4.74 Å². The zero-order valence-electron chi connectivity index (χ0n) is 10.2. The number of ether oxygens (including phenoxy) is 1. The Hall–Kier alpha value is -0.890. The van der Waals surface area contributed by atoms with Gasteiger partial charge in [-0.2, -0.15) is 0 Å². The van der Waals surface area contributed by atoms with Gasteiger partial charge in [0.05, 0.1) is 6.61 Å². The third kappa shape index (κ3) is 9.42. The summed E-state index contributed by atoms with van der Waals surface area (Å²) >= 11 is 0. The van der Waals surface area contributed by atoms with Crippen molar-refractivity contribution < 1.29 is 4.74 Å². The lowest BCUT2D eigenvalue weighted by Crippen LogP contribution is -1.93. The Bertz CT molecular complexity index is 209. The van der Waals surface area contributed by atoms with E-state index in [1.807, 2.05) is 18.3 Å². The normalized spacial score (nSPS) is 9.27. The van der Waals surface area contributed by atoms with Crippen LogP contribution in [-0.4, -0.2) is 18.7 Å². The van der Waals surface area contributed by atoms with Gasteiger partial charge in [0.25, 0.3) is 0 Å². The quantitative estimate of drug-likeness (QED) is 0.741. The molecule has 0 aliphatic heterocycles. The fourth-order valence-corrected chi connectivity index (χ4v) is 1.12. The highest BCUT2D eigenvalue weighted by Crippen LogP contribution is 1.95. The fraction of sp³-hybridized carbons (Fsp3) is 0.615. The maximum absolute atomic E-state index is 4.92. The Morgan fingerprint density at radius 1 is 1.27 bits per heavy atom. The molecule has 0 aromatic carbocycles. The maximum Gasteiger partial charge on any atom is 0.0503 e. The Balaban J connectivity index is 0.000000336. The molecule has 1 heterocycles. The molecule has 1 aromatic rings. The number of rotatable bonds is 5. The first-order valence-electron chi connectivity index (χ1n) is 5.73. The molecule has 0 fully saturated rings. The second-order valence-electron chi connectivity index (χ2n) is 3.46. The van der Waals surface area contributed by atoms with Crippen LogP contribution in [0.2, 0.25) is 0 Å². The molecule has 1 rings (SSSR count). The van der Waals surface area contributed by atoms with Crippen LogP contribution < -0.4 is 0 Å². The Morgan fingerprint density at radius 3 is 2.40 bits per heavy atom. The van der Waals surface area contributed by atoms with Crippen molar-refractivity contribution in [3.8, 4) is 0 Å². The monoisotopic (exact) mass is 209 g/mol. The highest BCUT2D eigenvalue weighted by Gasteiger charge is 1.88. The molecule has 0 atom stereocenters. The lowest BCUT2D eigenvalue weighted by molar-refractivity contribution is 0.202. The summed E-state index contributed by atoms with van der Waals surface area (Å²) < 4.78 is 4.92. The first-order chi connectivity index (χ1) is 7.35. The molecule has 2 nitrogen and oxygen atoms in total. The third-order valence-electron chi connectivity index (χ3n) is 2.02. The minimum atomic E-state index is 0.770. The lowest BCUT2D eigenvalue weighted by Gasteiger charge is -1.96. The third-order valence-corrected chi connectivity index (χ3v) is 2.02. The molecule has 0 saturated carbocycles. The predicted molar refractivity (Wildman–Crippen MR) is 65.0 cm³/mol. The van der Waals surface area contributed by atoms with Gasteiger partial charge in [-0.05, 0) is 18.1 Å². The molecule has 1 aromatic heterocycles. The van der Waals surface area contributed by atoms with Crippen LogP contribution in [0.1, 0.15) is 38.7 Å². The van der Waals surface area contributed by atoms with Crippen LogP contribution in [-0.2, 0) is 11.2 Å². The number of aromatic nitrogens is 1. The molecule has 0 radical (unpaired) electrons. The number of hydrogen-bond acceptors (Lipinski definition) is 2. The summed E-state index contributed by atoms with van der Waals surface area (Å²) in [7, 11) is 1.70. The molecule has 2 heteroatoms. The highest BCUT2D eigenvalue weighted by molar-refractivity contribution is 5.08. The summed E-state index contributed by atoms with van der Waals surface area (Å²) in [6.45, 7) is 5.19. The van der Waals surface area contributed by atoms with Gasteiger partial charge in [-0.25, -0.2) is 0 Å². The van der Waals surface area contributed by atoms with Crippen molar-refractivity contribution in [1.29, 1.82) is 0 Å². The smallest absolute Gasteiger partial charge is 0.0503 e. The van der Waals surface area contributed by atoms with Crippen molar-refractivity contribution in [1.82, 2.24) is 4.98 Å². The van der Waals surface area contributed by atoms with Crippen LogP contribution in [0.3, 0.4) is 0 Å². The summed E-state index contributed by atoms with van der Waals surface area (Å²) in [5.41, 5.74) is 1.23. The maximum atomic E-state index is 4.92. The van der Waals surface area contributed by atoms with Gasteiger partial charge in [-0.1, -0.05) is 39.2 Å². The van der Waals surface area contributed by atoms with Crippen molar-refractivity contribution in [2.24, 2.45) is 0 Å². The van der Waals surface area contributed by atoms with E-state index in [2.05, 4.69) is 18.8 Å². The second-order valence-corrected chi connectivity index (χ2v) is 3.46. The summed E-state index contributed by atoms with van der Waals surface area (Å²) in [4.78, 5) is 3.98. The minimum absolute atomic E-state index is 0.770. The molecule has 0 amide bonds. The molecular formula is C13H23NO. The second kappa shape index (κ2) is 11.2. The van der Waals surface area contributed by atoms with E-state index in [0.29, 0.717) is 0 Å². The molecule has 0 aliphatic carbocycles. The lowest BCUT2D eigenvalue weighted by atomic mass is 10.2. The molecular weight excluding hydrogens is 186 g/mol. The average molecular weight is 209 g/mol. The van der Waals surface area contributed by atoms with Gasteiger partial charge in [0.1, 0.15) is 0 Å². The van der Waals surface area contributed by atoms with E-state index in [1.54, 1.807) is 13.3 Å². The molecule has 0 aliphatic rings. The average Bonchev–Trinajstić information content (AvgIpc) is 2.30. The largest absolute Gasteiger partial charge is 0.384 e. The van der Waals surface area contributed by atoms with Gasteiger partial charge >= 0.3 is 0 Å². The van der Waals surface area contributed by atoms with Crippen molar-refractivity contribution in [3.05, 3.63) is 30.1 Å². The molecule has 86 valence electrons. The molecule has 0 saturated heterocycles. The minimum Gasteiger partial charge on any atom is -0.384 e. The Labute approximate surface area is 93.7 Å². The zero-order chi connectivity index (χ0) is 11.4. The highest BCUT2D eigenvalue weighted by atomic mass is 16.5. The molecule has 0 unspecified atom stereocenters. The van der Waals surface area contributed by atoms with E-state index < -0.39 is 0 Å². The van der Waals surface area contributed by atoms with E-state index in [1.165, 1.54) is 24.8 Å². The predicted octanol–water partition coefficient (Wildman–Crippen LogP) is 3.47. The zero-order valence-corrected chi connectivity index (χ0v) is 10.2. The Morgan fingerprint density at radius 2 is 2.00 bits per heavy atom. The fourth-order valence-electron chi connectivity index (χ4n) is 1.12. The Kier molecular flexibility index (Phi) is 10.5. The van der Waals surface area contributed by atoms with Gasteiger partial charge in [-0.3, -0.25) is 4.98 Å². The van der Waals surface area contributed by atoms with Crippen LogP contribution in [0.15, 0.2) is 24.5 Å². The van der Waals surface area contributed by atoms with Crippen molar-refractivity contribution >= 4 is 0 Å². The van der Waals surface area contributed by atoms with Crippen LogP contribution in [0.25, 0.3) is 0 Å². The first-order valence-corrected chi connectivity index (χ1v) is 5.73. The topological polar surface area (TPSA) is 22.1 Å². The van der Waals surface area contributed by atoms with Crippen LogP contribution in [0.5, 0.6) is 0 Å². The van der Waals surface area contributed by atoms with Crippen molar-refractivity contribution in [3.63, 3.8) is 0 Å². The molecule has 15 heavy (non-hydrogen) atoms. The van der Waals surface area contributed by atoms with Crippen LogP contribution in [0.4, 0.5) is 0 Å². The summed E-state index contributed by atoms with van der Waals surface area (Å²) in [6, 6.07) is 3.98. The van der Waals surface area contributed by atoms with E-state index in [9.17, 15) is 0 Å². The van der Waals surface area contributed by atoms with Gasteiger partial charge in [0.2, 0.25) is 0 Å². The molecule has 0 bridgehead atoms. The van der Waals surface area contributed by atoms with Crippen molar-refractivity contribution in [2.45, 2.75) is 39.5 Å². The summed E-state index contributed by atoms with van der Waals surface area (Å²) in [5.74, 6) is 0. The van der Waals surface area contributed by atoms with Crippen molar-refractivity contribution in [2.75, 3.05) is 13.7 Å². The summed E-state index contributed by atoms with van der Waals surface area (Å²) in [6.07, 6.45) is 8.66. The van der Waals surface area contributed by atoms with Gasteiger partial charge in [0, 0.05) is 19.5 Å². The van der Waals surface area contributed by atoms with Gasteiger partial charge < -0.3 is 4.74 Å². The first kappa shape index (κ1) is 14.1. The number of methoxy groups -OCH3 is 1. The number of unbranched alkanes of at least 4 members (excludes halogenated alkanes) is 2. The van der Waals surface area contributed by atoms with Gasteiger partial charge in [-0.15, -0.1) is 0 Å². The van der Waals surface area contributed by atoms with Crippen LogP contribution in [0, 0.1) is 0 Å². The molecule has 0 spiro atoms. The number of nitrogens with zero attached hydrogens (tertiary/aromatic N) is 1. The van der Waals surface area contributed by atoms with E-state index in [0.717, 1.165) is 13.0 Å². The summed E-state index contributed by atoms with van der Waals surface area (Å²) in [5, 5.41) is 0. The number of pyridine rings is 1. The van der Waals surface area contributed by atoms with Gasteiger partial charge in [0.15, 0.2) is 0 Å².